The summed E-state index contributed by atoms with van der Waals surface area (Å²) in [5.74, 6) is -0.968. The van der Waals surface area contributed by atoms with Gasteiger partial charge >= 0.3 is 10.3 Å². The zero-order valence-corrected chi connectivity index (χ0v) is 22.3. The molecule has 5 N–H and O–H groups in total. The molecule has 208 valence electrons. The number of carbonyl (C=O) groups is 1. The second kappa shape index (κ2) is 11.0. The summed E-state index contributed by atoms with van der Waals surface area (Å²) in [6.07, 6.45) is 0.00237. The van der Waals surface area contributed by atoms with E-state index in [9.17, 15) is 23.4 Å². The van der Waals surface area contributed by atoms with Crippen LogP contribution in [0, 0.1) is 0 Å². The number of para-hydroxylation sites is 1. The van der Waals surface area contributed by atoms with Gasteiger partial charge in [-0.2, -0.15) is 13.4 Å². The van der Waals surface area contributed by atoms with Crippen LogP contribution in [0.3, 0.4) is 0 Å². The molecule has 1 aromatic carbocycles. The second-order valence-corrected chi connectivity index (χ2v) is 10.5. The van der Waals surface area contributed by atoms with Gasteiger partial charge in [-0.1, -0.05) is 12.1 Å². The Morgan fingerprint density at radius 2 is 1.95 bits per heavy atom. The molecule has 0 saturated carbocycles. The Kier molecular flexibility index (Phi) is 8.06. The standard InChI is InChI=1S/C23H33N7O7S/c1-4-30(5-2,6-3)29-14-26-21-19(20(29)24)25-13-28(21)23-18(32)11-15(37-23)12-36-38(34,35)27-22(33)16-9-7-8-10-17(16)31/h7-10,13-15,18,20,23,32H,4-6,11-12,24H2,1-3H3,(H-,27,31,33)/p+1/t15-,18?,20?,23+/m0/s1. The Balaban J connectivity index is 1.41. The number of aliphatic imine (C=N–C) groups is 1. The van der Waals surface area contributed by atoms with Crippen molar-refractivity contribution < 1.29 is 36.9 Å². The van der Waals surface area contributed by atoms with E-state index < -0.39 is 47.4 Å². The number of nitrogens with zero attached hydrogens (tertiary/aromatic N) is 5. The number of ether oxygens (including phenoxy) is 1. The largest absolute Gasteiger partial charge is 0.507 e. The first-order valence-corrected chi connectivity index (χ1v) is 13.8. The minimum atomic E-state index is -4.51. The predicted molar refractivity (Wildman–Crippen MR) is 136 cm³/mol. The van der Waals surface area contributed by atoms with Gasteiger partial charge in [0.15, 0.2) is 18.2 Å². The van der Waals surface area contributed by atoms with Crippen LogP contribution >= 0.6 is 0 Å². The van der Waals surface area contributed by atoms with Crippen molar-refractivity contribution in [1.82, 2.24) is 19.3 Å². The number of hydrogen-bond donors (Lipinski definition) is 4. The highest BCUT2D eigenvalue weighted by molar-refractivity contribution is 7.85. The lowest BCUT2D eigenvalue weighted by Gasteiger charge is -2.46. The lowest BCUT2D eigenvalue weighted by atomic mass is 10.2. The minimum absolute atomic E-state index is 0.0734. The Bertz CT molecular complexity index is 1290. The summed E-state index contributed by atoms with van der Waals surface area (Å²) in [4.78, 5) is 21.2. The second-order valence-electron chi connectivity index (χ2n) is 9.11. The minimum Gasteiger partial charge on any atom is -0.507 e. The summed E-state index contributed by atoms with van der Waals surface area (Å²) < 4.78 is 39.3. The quantitative estimate of drug-likeness (QED) is 0.306. The van der Waals surface area contributed by atoms with E-state index in [0.29, 0.717) is 16.1 Å². The van der Waals surface area contributed by atoms with Gasteiger partial charge in [0.1, 0.15) is 23.9 Å². The number of nitrogens with one attached hydrogen (secondary N) is 1. The number of benzene rings is 1. The predicted octanol–water partition coefficient (Wildman–Crippen LogP) is 0.653. The summed E-state index contributed by atoms with van der Waals surface area (Å²) in [7, 11) is -4.51. The van der Waals surface area contributed by atoms with Crippen LogP contribution in [0.5, 0.6) is 5.75 Å². The molecular formula is C23H34N7O7S+. The normalized spacial score (nSPS) is 23.4. The molecule has 14 nitrogen and oxygen atoms in total. The average molecular weight is 553 g/mol. The van der Waals surface area contributed by atoms with Gasteiger partial charge < -0.3 is 20.7 Å². The summed E-state index contributed by atoms with van der Waals surface area (Å²) in [6, 6.07) is 5.50. The van der Waals surface area contributed by atoms with E-state index in [-0.39, 0.29) is 17.7 Å². The molecule has 38 heavy (non-hydrogen) atoms. The number of aromatic nitrogens is 2. The Hall–Kier alpha value is -3.08. The molecule has 15 heteroatoms. The van der Waals surface area contributed by atoms with Gasteiger partial charge in [-0.3, -0.25) is 13.5 Å². The molecule has 2 aliphatic rings. The molecule has 0 spiro atoms. The first-order valence-electron chi connectivity index (χ1n) is 12.4. The lowest BCUT2D eigenvalue weighted by molar-refractivity contribution is -1.02. The maximum atomic E-state index is 12.3. The smallest absolute Gasteiger partial charge is 0.362 e. The van der Waals surface area contributed by atoms with Crippen LogP contribution in [0.4, 0.5) is 5.82 Å². The molecule has 3 heterocycles. The van der Waals surface area contributed by atoms with Crippen molar-refractivity contribution in [3.63, 3.8) is 0 Å². The maximum absolute atomic E-state index is 12.3. The third-order valence-electron chi connectivity index (χ3n) is 7.13. The summed E-state index contributed by atoms with van der Waals surface area (Å²) in [5, 5.41) is 22.4. The molecule has 2 unspecified atom stereocenters. The number of fused-ring (bicyclic) bond motifs is 1. The van der Waals surface area contributed by atoms with Crippen LogP contribution in [-0.2, 0) is 19.2 Å². The Morgan fingerprint density at radius 3 is 2.61 bits per heavy atom. The van der Waals surface area contributed by atoms with Crippen LogP contribution in [0.25, 0.3) is 0 Å². The molecule has 1 fully saturated rings. The van der Waals surface area contributed by atoms with E-state index in [1.807, 2.05) is 5.01 Å². The number of hydrogen-bond acceptors (Lipinski definition) is 11. The van der Waals surface area contributed by atoms with E-state index in [1.54, 1.807) is 15.6 Å². The fourth-order valence-electron chi connectivity index (χ4n) is 4.86. The number of aliphatic hydroxyl groups excluding tert-OH is 1. The van der Waals surface area contributed by atoms with Gasteiger partial charge in [0.2, 0.25) is 0 Å². The van der Waals surface area contributed by atoms with Crippen LogP contribution in [-0.4, -0.2) is 88.5 Å². The topological polar surface area (TPSA) is 182 Å². The number of aliphatic hydroxyl groups is 1. The number of aromatic hydroxyl groups is 1. The first-order chi connectivity index (χ1) is 18.1. The van der Waals surface area contributed by atoms with Crippen molar-refractivity contribution in [1.29, 1.82) is 0 Å². The van der Waals surface area contributed by atoms with Gasteiger partial charge in [0.25, 0.3) is 5.91 Å². The molecule has 4 atom stereocenters. The van der Waals surface area contributed by atoms with E-state index in [4.69, 9.17) is 14.7 Å². The Labute approximate surface area is 221 Å². The summed E-state index contributed by atoms with van der Waals surface area (Å²) in [6.45, 7) is 8.28. The SMILES string of the molecule is CC[N+](CC)(CC)N1C=Nc2c(ncn2[C@@H]2O[C@H](COS(=O)(=O)NC(=O)c3ccccc3O)CC2O)C1N. The van der Waals surface area contributed by atoms with Crippen LogP contribution in [0.2, 0.25) is 0 Å². The number of carbonyl (C=O) groups excluding carboxylic acids is 1. The summed E-state index contributed by atoms with van der Waals surface area (Å²) in [5.41, 5.74) is 6.88. The molecule has 0 aliphatic carbocycles. The molecule has 0 radical (unpaired) electrons. The molecule has 2 aromatic rings. The molecule has 0 bridgehead atoms. The average Bonchev–Trinajstić information content (AvgIpc) is 3.48. The monoisotopic (exact) mass is 552 g/mol. The highest BCUT2D eigenvalue weighted by Crippen LogP contribution is 2.38. The zero-order valence-electron chi connectivity index (χ0n) is 21.5. The van der Waals surface area contributed by atoms with Crippen LogP contribution in [0.15, 0.2) is 35.6 Å². The number of phenolic OH excluding ortho intramolecular Hbond substituents is 1. The lowest BCUT2D eigenvalue weighted by Crippen LogP contribution is -2.62. The number of quaternary nitrogens is 1. The first kappa shape index (κ1) is 27.9. The fourth-order valence-corrected chi connectivity index (χ4v) is 5.59. The number of imidazole rings is 1. The molecular weight excluding hydrogens is 518 g/mol. The highest BCUT2D eigenvalue weighted by Gasteiger charge is 2.42. The van der Waals surface area contributed by atoms with Crippen molar-refractivity contribution in [3.05, 3.63) is 41.9 Å². The van der Waals surface area contributed by atoms with Crippen molar-refractivity contribution in [2.24, 2.45) is 10.7 Å². The van der Waals surface area contributed by atoms with Gasteiger partial charge in [-0.25, -0.2) is 19.3 Å². The Morgan fingerprint density at radius 1 is 1.26 bits per heavy atom. The van der Waals surface area contributed by atoms with Gasteiger partial charge in [0, 0.05) is 6.42 Å². The molecule has 1 amide bonds. The van der Waals surface area contributed by atoms with Gasteiger partial charge in [-0.15, -0.1) is 0 Å². The number of phenols is 1. The fraction of sp³-hybridized carbons (Fsp3) is 0.522. The third kappa shape index (κ3) is 5.25. The van der Waals surface area contributed by atoms with Crippen molar-refractivity contribution in [3.8, 4) is 5.75 Å². The summed E-state index contributed by atoms with van der Waals surface area (Å²) >= 11 is 0. The molecule has 4 rings (SSSR count). The number of nitrogens with two attached hydrogens (primary N) is 1. The maximum Gasteiger partial charge on any atom is 0.362 e. The molecule has 2 aliphatic heterocycles. The van der Waals surface area contributed by atoms with E-state index in [2.05, 4.69) is 30.7 Å². The van der Waals surface area contributed by atoms with E-state index >= 15 is 0 Å². The van der Waals surface area contributed by atoms with Crippen molar-refractivity contribution in [2.45, 2.75) is 51.8 Å². The van der Waals surface area contributed by atoms with Crippen LogP contribution in [0.1, 0.15) is 55.6 Å². The van der Waals surface area contributed by atoms with Crippen molar-refractivity contribution in [2.75, 3.05) is 26.2 Å². The van der Waals surface area contributed by atoms with E-state index in [1.165, 1.54) is 30.6 Å². The number of amides is 1. The molecule has 1 aromatic heterocycles. The molecule has 1 saturated heterocycles. The highest BCUT2D eigenvalue weighted by atomic mass is 32.2. The van der Waals surface area contributed by atoms with Crippen LogP contribution < -0.4 is 10.5 Å². The number of rotatable bonds is 10. The van der Waals surface area contributed by atoms with Crippen molar-refractivity contribution >= 4 is 28.4 Å². The van der Waals surface area contributed by atoms with E-state index in [0.717, 1.165) is 19.6 Å². The van der Waals surface area contributed by atoms with Gasteiger partial charge in [0.05, 0.1) is 44.2 Å². The zero-order chi connectivity index (χ0) is 27.7. The van der Waals surface area contributed by atoms with Gasteiger partial charge in [-0.05, 0) is 32.9 Å². The third-order valence-corrected chi connectivity index (χ3v) is 8.01.